The lowest BCUT2D eigenvalue weighted by molar-refractivity contribution is -0.122. The third-order valence-corrected chi connectivity index (χ3v) is 8.98. The van der Waals surface area contributed by atoms with Gasteiger partial charge in [-0.25, -0.2) is 4.79 Å². The van der Waals surface area contributed by atoms with Crippen LogP contribution in [-0.2, 0) is 9.59 Å². The molecule has 0 bridgehead atoms. The van der Waals surface area contributed by atoms with E-state index in [1.165, 1.54) is 122 Å². The van der Waals surface area contributed by atoms with E-state index in [1.54, 1.807) is 7.05 Å². The molecule has 0 fully saturated rings. The maximum Gasteiger partial charge on any atom is 0.314 e. The summed E-state index contributed by atoms with van der Waals surface area (Å²) in [4.78, 5) is 35.7. The fourth-order valence-electron chi connectivity index (χ4n) is 5.31. The van der Waals surface area contributed by atoms with E-state index in [0.29, 0.717) is 12.3 Å². The van der Waals surface area contributed by atoms with Crippen molar-refractivity contribution in [2.75, 3.05) is 20.1 Å². The van der Waals surface area contributed by atoms with Crippen molar-refractivity contribution in [1.29, 1.82) is 5.41 Å². The second-order valence-electron chi connectivity index (χ2n) is 14.7. The van der Waals surface area contributed by atoms with Crippen molar-refractivity contribution in [2.24, 2.45) is 39.6 Å². The summed E-state index contributed by atoms with van der Waals surface area (Å²) in [5.74, 6) is 0.351. The molecule has 4 amide bonds. The van der Waals surface area contributed by atoms with Gasteiger partial charge in [-0.1, -0.05) is 214 Å². The fraction of sp³-hybridized carbons (Fsp3) is 0.898. The normalized spacial score (nSPS) is 9.49. The molecule has 12 nitrogen and oxygen atoms in total. The second kappa shape index (κ2) is 74.4. The van der Waals surface area contributed by atoms with E-state index >= 15 is 0 Å². The van der Waals surface area contributed by atoms with Crippen LogP contribution >= 0.6 is 0 Å². The minimum absolute atomic E-state index is 0. The number of guanidine groups is 1. The molecular formula is C49H117N9O3. The smallest absolute Gasteiger partial charge is 0.314 e. The highest BCUT2D eigenvalue weighted by molar-refractivity contribution is 5.77. The first-order valence-corrected chi connectivity index (χ1v) is 22.8. The van der Waals surface area contributed by atoms with Gasteiger partial charge in [-0.2, -0.15) is 0 Å². The minimum Gasteiger partial charge on any atom is -0.388 e. The van der Waals surface area contributed by atoms with Crippen molar-refractivity contribution < 1.29 is 14.4 Å². The van der Waals surface area contributed by atoms with Crippen LogP contribution in [0.25, 0.3) is 0 Å². The highest BCUT2D eigenvalue weighted by atomic mass is 16.2. The summed E-state index contributed by atoms with van der Waals surface area (Å²) in [5.41, 5.74) is 25.7. The van der Waals surface area contributed by atoms with E-state index in [0.717, 1.165) is 70.9 Å². The van der Waals surface area contributed by atoms with Crippen molar-refractivity contribution in [1.82, 2.24) is 10.6 Å². The number of nitrogens with one attached hydrogen (secondary N) is 3. The zero-order valence-corrected chi connectivity index (χ0v) is 38.1. The Hall–Kier alpha value is -3.05. The average Bonchev–Trinajstić information content (AvgIpc) is 3.16. The molecule has 0 aromatic heterocycles. The summed E-state index contributed by atoms with van der Waals surface area (Å²) in [7, 11) is 1.64. The number of amides is 4. The van der Waals surface area contributed by atoms with Crippen molar-refractivity contribution in [3.63, 3.8) is 0 Å². The maximum absolute atomic E-state index is 10.8. The SMILES string of the molecule is C.C.C.C.C.CCCCCCC(CC)C(N)=O.CCCCCCCC(=N)N.CCCCCCCC(N)=O.CCCCCCCCNC(=O)NC.CCCCCCCN=C(N)N. The van der Waals surface area contributed by atoms with E-state index < -0.39 is 0 Å². The average molecular weight is 881 g/mol. The first-order valence-electron chi connectivity index (χ1n) is 22.8. The number of hydrogen-bond acceptors (Lipinski definition) is 5. The van der Waals surface area contributed by atoms with Gasteiger partial charge in [0.2, 0.25) is 11.8 Å². The van der Waals surface area contributed by atoms with Crippen LogP contribution < -0.4 is 39.3 Å². The van der Waals surface area contributed by atoms with Crippen molar-refractivity contribution >= 4 is 29.6 Å². The molecule has 0 aliphatic carbocycles. The number of nitrogens with zero attached hydrogens (tertiary/aromatic N) is 1. The number of nitrogens with two attached hydrogens (primary N) is 5. The van der Waals surface area contributed by atoms with Crippen LogP contribution in [0, 0.1) is 11.3 Å². The van der Waals surface area contributed by atoms with E-state index in [2.05, 4.69) is 50.2 Å². The van der Waals surface area contributed by atoms with Crippen LogP contribution in [0.3, 0.4) is 0 Å². The Kier molecular flexibility index (Phi) is 99.7. The van der Waals surface area contributed by atoms with Gasteiger partial charge in [0, 0.05) is 38.9 Å². The van der Waals surface area contributed by atoms with Gasteiger partial charge in [-0.05, 0) is 38.5 Å². The summed E-state index contributed by atoms with van der Waals surface area (Å²) in [6, 6.07) is -0.0754. The van der Waals surface area contributed by atoms with Gasteiger partial charge < -0.3 is 39.3 Å². The van der Waals surface area contributed by atoms with Crippen LogP contribution in [0.1, 0.15) is 265 Å². The second-order valence-corrected chi connectivity index (χ2v) is 14.7. The molecule has 376 valence electrons. The molecule has 0 saturated heterocycles. The molecule has 13 N–H and O–H groups in total. The molecule has 1 atom stereocenters. The maximum atomic E-state index is 10.8. The lowest BCUT2D eigenvalue weighted by Crippen LogP contribution is -2.33. The number of urea groups is 1. The third-order valence-electron chi connectivity index (χ3n) is 8.98. The Labute approximate surface area is 383 Å². The van der Waals surface area contributed by atoms with Crippen LogP contribution in [0.5, 0.6) is 0 Å². The number of rotatable bonds is 32. The Bertz CT molecular complexity index is 831. The van der Waals surface area contributed by atoms with Gasteiger partial charge in [-0.15, -0.1) is 0 Å². The number of hydrogen-bond donors (Lipinski definition) is 8. The largest absolute Gasteiger partial charge is 0.388 e. The standard InChI is InChI=1S/C10H22N2O.C10H21NO.C8H19N3.C8H18N2.C8H17NO.5CH4/c1-3-4-5-6-7-8-9-12-10(13)11-2;1-3-5-6-7-8-9(4-2)10(11)12;1-2-3-4-5-6-7-11-8(9)10;2*1-2-3-4-5-6-7-8(9)10;;;;;/h3-9H2,1-2H3,(H2,11,12,13);9H,3-8H2,1-2H3,(H2,11,12);2-7H2,1H3,(H4,9,10,11);2-7H2,1H3,(H3,9,10);2-7H2,1H3,(H2,9,10);5*1H4. The Morgan fingerprint density at radius 3 is 1.21 bits per heavy atom. The third kappa shape index (κ3) is 97.7. The number of carbonyl (C=O) groups excluding carboxylic acids is 3. The Balaban J connectivity index is -0.0000000655. The van der Waals surface area contributed by atoms with Crippen LogP contribution in [0.4, 0.5) is 4.79 Å². The van der Waals surface area contributed by atoms with Crippen LogP contribution in [0.15, 0.2) is 4.99 Å². The van der Waals surface area contributed by atoms with E-state index in [4.69, 9.17) is 34.1 Å². The van der Waals surface area contributed by atoms with Gasteiger partial charge in [0.15, 0.2) is 5.96 Å². The Morgan fingerprint density at radius 1 is 0.508 bits per heavy atom. The van der Waals surface area contributed by atoms with Gasteiger partial charge in [0.25, 0.3) is 0 Å². The summed E-state index contributed by atoms with van der Waals surface area (Å²) in [6.07, 6.45) is 34.0. The highest BCUT2D eigenvalue weighted by Gasteiger charge is 2.11. The van der Waals surface area contributed by atoms with Crippen LogP contribution in [-0.4, -0.2) is 49.8 Å². The molecule has 0 saturated carbocycles. The van der Waals surface area contributed by atoms with Crippen LogP contribution in [0.2, 0.25) is 0 Å². The summed E-state index contributed by atoms with van der Waals surface area (Å²) in [6.45, 7) is 14.6. The zero-order chi connectivity index (χ0) is 43.5. The summed E-state index contributed by atoms with van der Waals surface area (Å²) in [5, 5.41) is 12.3. The van der Waals surface area contributed by atoms with E-state index in [9.17, 15) is 14.4 Å². The van der Waals surface area contributed by atoms with E-state index in [-0.39, 0.29) is 66.9 Å². The number of carbonyl (C=O) groups is 3. The van der Waals surface area contributed by atoms with Crippen molar-refractivity contribution in [3.05, 3.63) is 0 Å². The summed E-state index contributed by atoms with van der Waals surface area (Å²) >= 11 is 0. The highest BCUT2D eigenvalue weighted by Crippen LogP contribution is 2.13. The summed E-state index contributed by atoms with van der Waals surface area (Å²) < 4.78 is 0. The first kappa shape index (κ1) is 81.7. The Morgan fingerprint density at radius 2 is 0.869 bits per heavy atom. The number of primary amides is 2. The number of aliphatic imine (C=N–C) groups is 1. The first-order chi connectivity index (χ1) is 26.8. The topological polar surface area (TPSA) is 242 Å². The molecule has 0 aliphatic rings. The number of unbranched alkanes of at least 4 members (excludes halogenated alkanes) is 20. The fourth-order valence-corrected chi connectivity index (χ4v) is 5.31. The van der Waals surface area contributed by atoms with Crippen molar-refractivity contribution in [2.45, 2.75) is 265 Å². The lowest BCUT2D eigenvalue weighted by Gasteiger charge is -2.09. The quantitative estimate of drug-likeness (QED) is 0.0185. The van der Waals surface area contributed by atoms with Gasteiger partial charge in [-0.3, -0.25) is 20.0 Å². The molecule has 0 spiro atoms. The molecule has 0 aromatic rings. The predicted molar refractivity (Wildman–Crippen MR) is 279 cm³/mol. The predicted octanol–water partition coefficient (Wildman–Crippen LogP) is 13.3. The van der Waals surface area contributed by atoms with Gasteiger partial charge in [0.1, 0.15) is 0 Å². The molecule has 0 rings (SSSR count). The van der Waals surface area contributed by atoms with E-state index in [1.807, 2.05) is 6.92 Å². The molecular weight excluding hydrogens is 763 g/mol. The zero-order valence-electron chi connectivity index (χ0n) is 38.1. The monoisotopic (exact) mass is 880 g/mol. The van der Waals surface area contributed by atoms with Gasteiger partial charge >= 0.3 is 6.03 Å². The number of amidine groups is 1. The molecule has 0 aromatic carbocycles. The molecule has 0 heterocycles. The van der Waals surface area contributed by atoms with Gasteiger partial charge in [0.05, 0.1) is 5.84 Å². The molecule has 1 unspecified atom stereocenters. The molecule has 12 heteroatoms. The molecule has 0 radical (unpaired) electrons. The molecule has 61 heavy (non-hydrogen) atoms. The lowest BCUT2D eigenvalue weighted by atomic mass is 9.98. The minimum atomic E-state index is -0.170. The molecule has 0 aliphatic heterocycles. The van der Waals surface area contributed by atoms with Crippen molar-refractivity contribution in [3.8, 4) is 0 Å².